The highest BCUT2D eigenvalue weighted by Gasteiger charge is 2.34. The van der Waals surface area contributed by atoms with Crippen LogP contribution in [-0.4, -0.2) is 21.4 Å². The first kappa shape index (κ1) is 28.9. The third-order valence-corrected chi connectivity index (χ3v) is 8.42. The van der Waals surface area contributed by atoms with Gasteiger partial charge in [0.25, 0.3) is 0 Å². The molecule has 0 aromatic heterocycles. The van der Waals surface area contributed by atoms with Crippen LogP contribution < -0.4 is 0 Å². The van der Waals surface area contributed by atoms with Gasteiger partial charge in [-0.3, -0.25) is 9.59 Å². The summed E-state index contributed by atoms with van der Waals surface area (Å²) in [6.07, 6.45) is 21.6. The highest BCUT2D eigenvalue weighted by molar-refractivity contribution is 7.98. The molecule has 0 radical (unpaired) electrons. The Kier molecular flexibility index (Phi) is 15.4. The minimum absolute atomic E-state index is 0.00392. The first-order valence-electron chi connectivity index (χ1n) is 14.3. The molecule has 1 aromatic carbocycles. The number of imide groups is 1. The lowest BCUT2D eigenvalue weighted by atomic mass is 9.94. The molecule has 1 aromatic rings. The summed E-state index contributed by atoms with van der Waals surface area (Å²) < 4.78 is 1.55. The van der Waals surface area contributed by atoms with Crippen molar-refractivity contribution in [2.24, 2.45) is 0 Å². The summed E-state index contributed by atoms with van der Waals surface area (Å²) in [5.74, 6) is -0.187. The van der Waals surface area contributed by atoms with Crippen molar-refractivity contribution in [2.45, 2.75) is 141 Å². The van der Waals surface area contributed by atoms with Crippen LogP contribution in [0.2, 0.25) is 0 Å². The average Bonchev–Trinajstić information content (AvgIpc) is 2.98. The van der Waals surface area contributed by atoms with Gasteiger partial charge in [-0.1, -0.05) is 128 Å². The monoisotopic (exact) mass is 487 g/mol. The second kappa shape index (κ2) is 18.0. The van der Waals surface area contributed by atoms with Crippen molar-refractivity contribution in [1.82, 2.24) is 4.31 Å². The quantitative estimate of drug-likeness (QED) is 0.118. The largest absolute Gasteiger partial charge is 0.273 e. The SMILES string of the molecule is CCCCCCCCCCCCCCC(CCC)SN1C(=O)CCCC(c2ccccc2)C1=O. The Morgan fingerprint density at radius 3 is 1.97 bits per heavy atom. The van der Waals surface area contributed by atoms with Gasteiger partial charge in [0, 0.05) is 11.7 Å². The fourth-order valence-corrected chi connectivity index (χ4v) is 6.34. The second-order valence-electron chi connectivity index (χ2n) is 10.1. The third kappa shape index (κ3) is 11.0. The van der Waals surface area contributed by atoms with Gasteiger partial charge in [0.2, 0.25) is 11.8 Å². The van der Waals surface area contributed by atoms with E-state index < -0.39 is 0 Å². The van der Waals surface area contributed by atoms with E-state index in [1.165, 1.54) is 89.0 Å². The van der Waals surface area contributed by atoms with Crippen LogP contribution in [-0.2, 0) is 9.59 Å². The van der Waals surface area contributed by atoms with Crippen LogP contribution in [0.4, 0.5) is 0 Å². The van der Waals surface area contributed by atoms with Gasteiger partial charge in [0.1, 0.15) is 0 Å². The summed E-state index contributed by atoms with van der Waals surface area (Å²) in [6.45, 7) is 4.48. The van der Waals surface area contributed by atoms with Crippen LogP contribution in [0.5, 0.6) is 0 Å². The van der Waals surface area contributed by atoms with Gasteiger partial charge in [-0.15, -0.1) is 0 Å². The summed E-state index contributed by atoms with van der Waals surface area (Å²) in [5.41, 5.74) is 1.04. The minimum Gasteiger partial charge on any atom is -0.273 e. The lowest BCUT2D eigenvalue weighted by Crippen LogP contribution is -2.34. The molecule has 1 aliphatic heterocycles. The van der Waals surface area contributed by atoms with Crippen LogP contribution in [0.15, 0.2) is 30.3 Å². The Morgan fingerprint density at radius 2 is 1.38 bits per heavy atom. The molecule has 2 unspecified atom stereocenters. The van der Waals surface area contributed by atoms with E-state index >= 15 is 0 Å². The van der Waals surface area contributed by atoms with Crippen molar-refractivity contribution < 1.29 is 9.59 Å². The Labute approximate surface area is 214 Å². The van der Waals surface area contributed by atoms with E-state index in [9.17, 15) is 9.59 Å². The lowest BCUT2D eigenvalue weighted by Gasteiger charge is -2.26. The smallest absolute Gasteiger partial charge is 0.246 e. The average molecular weight is 488 g/mol. The Hall–Kier alpha value is -1.29. The first-order valence-corrected chi connectivity index (χ1v) is 15.1. The number of benzene rings is 1. The summed E-state index contributed by atoms with van der Waals surface area (Å²) in [7, 11) is 0. The highest BCUT2D eigenvalue weighted by Crippen LogP contribution is 2.35. The summed E-state index contributed by atoms with van der Waals surface area (Å²) in [4.78, 5) is 26.2. The third-order valence-electron chi connectivity index (χ3n) is 7.05. The Balaban J connectivity index is 1.71. The van der Waals surface area contributed by atoms with Gasteiger partial charge in [0.05, 0.1) is 5.92 Å². The zero-order valence-corrected chi connectivity index (χ0v) is 22.8. The van der Waals surface area contributed by atoms with Crippen LogP contribution >= 0.6 is 11.9 Å². The van der Waals surface area contributed by atoms with Gasteiger partial charge >= 0.3 is 0 Å². The lowest BCUT2D eigenvalue weighted by molar-refractivity contribution is -0.137. The fraction of sp³-hybridized carbons (Fsp3) is 0.733. The number of carbonyl (C=O) groups is 2. The van der Waals surface area contributed by atoms with Crippen LogP contribution in [0.1, 0.15) is 141 Å². The predicted molar refractivity (Wildman–Crippen MR) is 147 cm³/mol. The molecule has 0 spiro atoms. The van der Waals surface area contributed by atoms with E-state index in [0.29, 0.717) is 11.7 Å². The zero-order valence-electron chi connectivity index (χ0n) is 21.9. The van der Waals surface area contributed by atoms with E-state index in [-0.39, 0.29) is 17.7 Å². The maximum Gasteiger partial charge on any atom is 0.246 e. The molecule has 0 N–H and O–H groups in total. The van der Waals surface area contributed by atoms with Crippen LogP contribution in [0.3, 0.4) is 0 Å². The van der Waals surface area contributed by atoms with E-state index in [1.54, 1.807) is 4.31 Å². The van der Waals surface area contributed by atoms with Crippen molar-refractivity contribution in [3.63, 3.8) is 0 Å². The molecule has 0 saturated carbocycles. The van der Waals surface area contributed by atoms with E-state index in [0.717, 1.165) is 37.7 Å². The summed E-state index contributed by atoms with van der Waals surface area (Å²) in [5, 5.41) is 0.357. The van der Waals surface area contributed by atoms with Crippen molar-refractivity contribution in [2.75, 3.05) is 0 Å². The molecule has 1 saturated heterocycles. The topological polar surface area (TPSA) is 37.4 Å². The Morgan fingerprint density at radius 1 is 0.794 bits per heavy atom. The molecule has 192 valence electrons. The van der Waals surface area contributed by atoms with Gasteiger partial charge < -0.3 is 0 Å². The van der Waals surface area contributed by atoms with Gasteiger partial charge in [-0.05, 0) is 43.2 Å². The molecule has 0 aliphatic carbocycles. The second-order valence-corrected chi connectivity index (χ2v) is 11.3. The maximum absolute atomic E-state index is 13.4. The molecule has 3 nitrogen and oxygen atoms in total. The van der Waals surface area contributed by atoms with Crippen LogP contribution in [0.25, 0.3) is 0 Å². The van der Waals surface area contributed by atoms with Gasteiger partial charge in [-0.2, -0.15) is 0 Å². The van der Waals surface area contributed by atoms with Crippen molar-refractivity contribution in [3.05, 3.63) is 35.9 Å². The van der Waals surface area contributed by atoms with Crippen LogP contribution in [0, 0.1) is 0 Å². The van der Waals surface area contributed by atoms with Gasteiger partial charge in [-0.25, -0.2) is 4.31 Å². The fourth-order valence-electron chi connectivity index (χ4n) is 4.99. The molecule has 1 fully saturated rings. The molecule has 1 aliphatic rings. The molecule has 1 heterocycles. The number of carbonyl (C=O) groups excluding carboxylic acids is 2. The molecular formula is C30H49NO2S. The Bertz CT molecular complexity index is 678. The molecule has 34 heavy (non-hydrogen) atoms. The van der Waals surface area contributed by atoms with E-state index in [2.05, 4.69) is 13.8 Å². The summed E-state index contributed by atoms with van der Waals surface area (Å²) >= 11 is 1.54. The van der Waals surface area contributed by atoms with E-state index in [4.69, 9.17) is 0 Å². The maximum atomic E-state index is 13.4. The number of rotatable bonds is 18. The van der Waals surface area contributed by atoms with Gasteiger partial charge in [0.15, 0.2) is 0 Å². The molecule has 2 amide bonds. The molecule has 2 rings (SSSR count). The molecule has 0 bridgehead atoms. The zero-order chi connectivity index (χ0) is 24.4. The molecule has 4 heteroatoms. The summed E-state index contributed by atoms with van der Waals surface area (Å²) in [6, 6.07) is 10.0. The first-order chi connectivity index (χ1) is 16.7. The van der Waals surface area contributed by atoms with Crippen molar-refractivity contribution in [1.29, 1.82) is 0 Å². The standard InChI is InChI=1S/C30H49NO2S/c1-3-5-6-7-8-9-10-11-12-13-14-18-23-27(20-4-2)34-31-29(32)25-19-24-28(30(31)33)26-21-16-15-17-22-26/h15-17,21-22,27-28H,3-14,18-20,23-25H2,1-2H3. The number of amides is 2. The minimum atomic E-state index is -0.186. The predicted octanol–water partition coefficient (Wildman–Crippen LogP) is 9.22. The normalized spacial score (nSPS) is 17.7. The van der Waals surface area contributed by atoms with Crippen molar-refractivity contribution >= 4 is 23.8 Å². The number of unbranched alkanes of at least 4 members (excludes halogenated alkanes) is 11. The van der Waals surface area contributed by atoms with Crippen molar-refractivity contribution in [3.8, 4) is 0 Å². The number of nitrogens with zero attached hydrogens (tertiary/aromatic N) is 1. The van der Waals surface area contributed by atoms with E-state index in [1.807, 2.05) is 30.3 Å². The highest BCUT2D eigenvalue weighted by atomic mass is 32.2. The number of hydrogen-bond donors (Lipinski definition) is 0. The molecular weight excluding hydrogens is 438 g/mol. The molecule has 2 atom stereocenters. The number of hydrogen-bond acceptors (Lipinski definition) is 3.